The fourth-order valence-corrected chi connectivity index (χ4v) is 4.64. The molecule has 138 valence electrons. The molecule has 4 aromatic rings. The minimum Gasteiger partial charge on any atom is -0.465 e. The first-order chi connectivity index (χ1) is 12.9. The van der Waals surface area contributed by atoms with E-state index in [0.717, 1.165) is 4.70 Å². The Morgan fingerprint density at radius 3 is 2.78 bits per heavy atom. The van der Waals surface area contributed by atoms with E-state index in [1.807, 2.05) is 0 Å². The molecule has 0 atom stereocenters. The standard InChI is InChI=1S/C17H12N2O6S2/c1-24-16(20)15-7-9-6-10(2-5-14(9)26-15)19-27(22,23)11-3-4-12-13(8-11)25-17(21)18-12/h2-8,19H,1H3,(H,18,21). The van der Waals surface area contributed by atoms with Crippen LogP contribution >= 0.6 is 11.3 Å². The van der Waals surface area contributed by atoms with E-state index in [9.17, 15) is 18.0 Å². The van der Waals surface area contributed by atoms with Crippen molar-refractivity contribution in [2.24, 2.45) is 0 Å². The van der Waals surface area contributed by atoms with Gasteiger partial charge >= 0.3 is 11.7 Å². The van der Waals surface area contributed by atoms with Gasteiger partial charge in [0.15, 0.2) is 5.58 Å². The van der Waals surface area contributed by atoms with Gasteiger partial charge in [-0.05, 0) is 41.8 Å². The number of carbonyl (C=O) groups is 1. The number of aromatic amines is 1. The molecular weight excluding hydrogens is 392 g/mol. The van der Waals surface area contributed by atoms with E-state index in [4.69, 9.17) is 9.15 Å². The normalized spacial score (nSPS) is 11.7. The van der Waals surface area contributed by atoms with Crippen molar-refractivity contribution in [2.75, 3.05) is 11.8 Å². The number of benzene rings is 2. The summed E-state index contributed by atoms with van der Waals surface area (Å²) in [6.07, 6.45) is 0. The molecular formula is C17H12N2O6S2. The number of oxazole rings is 1. The Bertz CT molecular complexity index is 1350. The molecule has 8 nitrogen and oxygen atoms in total. The van der Waals surface area contributed by atoms with Crippen LogP contribution < -0.4 is 10.5 Å². The van der Waals surface area contributed by atoms with Gasteiger partial charge in [-0.1, -0.05) is 0 Å². The van der Waals surface area contributed by atoms with Crippen LogP contribution in [0.15, 0.2) is 56.6 Å². The zero-order valence-electron chi connectivity index (χ0n) is 13.8. The molecule has 2 aromatic heterocycles. The molecule has 0 bridgehead atoms. The third-order valence-corrected chi connectivity index (χ3v) is 6.33. The van der Waals surface area contributed by atoms with Crippen molar-refractivity contribution in [1.82, 2.24) is 4.98 Å². The first kappa shape index (κ1) is 17.3. The van der Waals surface area contributed by atoms with Crippen LogP contribution in [-0.2, 0) is 14.8 Å². The summed E-state index contributed by atoms with van der Waals surface area (Å²) in [5, 5.41) is 0.715. The number of anilines is 1. The van der Waals surface area contributed by atoms with Crippen LogP contribution in [0.25, 0.3) is 21.2 Å². The van der Waals surface area contributed by atoms with Crippen molar-refractivity contribution in [3.8, 4) is 0 Å². The van der Waals surface area contributed by atoms with Gasteiger partial charge in [0.2, 0.25) is 0 Å². The number of hydrogen-bond donors (Lipinski definition) is 2. The third-order valence-electron chi connectivity index (χ3n) is 3.86. The molecule has 2 N–H and O–H groups in total. The number of aromatic nitrogens is 1. The minimum atomic E-state index is -3.89. The summed E-state index contributed by atoms with van der Waals surface area (Å²) in [5.41, 5.74) is 0.903. The van der Waals surface area contributed by atoms with Crippen molar-refractivity contribution in [3.63, 3.8) is 0 Å². The van der Waals surface area contributed by atoms with Gasteiger partial charge in [-0.2, -0.15) is 0 Å². The number of nitrogens with one attached hydrogen (secondary N) is 2. The largest absolute Gasteiger partial charge is 0.465 e. The fraction of sp³-hybridized carbons (Fsp3) is 0.0588. The average molecular weight is 404 g/mol. The SMILES string of the molecule is COC(=O)c1cc2cc(NS(=O)(=O)c3ccc4[nH]c(=O)oc4c3)ccc2s1. The lowest BCUT2D eigenvalue weighted by atomic mass is 10.2. The molecule has 0 saturated carbocycles. The van der Waals surface area contributed by atoms with Gasteiger partial charge in [0, 0.05) is 16.5 Å². The van der Waals surface area contributed by atoms with Crippen LogP contribution in [0.2, 0.25) is 0 Å². The van der Waals surface area contributed by atoms with Crippen LogP contribution in [0, 0.1) is 0 Å². The molecule has 0 aliphatic carbocycles. The van der Waals surface area contributed by atoms with Crippen LogP contribution in [0.3, 0.4) is 0 Å². The van der Waals surface area contributed by atoms with Gasteiger partial charge in [-0.25, -0.2) is 18.0 Å². The summed E-state index contributed by atoms with van der Waals surface area (Å²) < 4.78 is 38.2. The van der Waals surface area contributed by atoms with Crippen molar-refractivity contribution in [1.29, 1.82) is 0 Å². The zero-order valence-corrected chi connectivity index (χ0v) is 15.4. The Kier molecular flexibility index (Phi) is 4.01. The maximum atomic E-state index is 12.6. The molecule has 10 heteroatoms. The van der Waals surface area contributed by atoms with E-state index >= 15 is 0 Å². The average Bonchev–Trinajstić information content (AvgIpc) is 3.21. The monoisotopic (exact) mass is 404 g/mol. The van der Waals surface area contributed by atoms with Crippen LogP contribution in [0.4, 0.5) is 5.69 Å². The number of rotatable bonds is 4. The zero-order chi connectivity index (χ0) is 19.2. The highest BCUT2D eigenvalue weighted by molar-refractivity contribution is 7.92. The number of ether oxygens (including phenoxy) is 1. The van der Waals surface area contributed by atoms with E-state index in [1.165, 1.54) is 36.6 Å². The summed E-state index contributed by atoms with van der Waals surface area (Å²) >= 11 is 1.26. The van der Waals surface area contributed by atoms with Gasteiger partial charge in [0.05, 0.1) is 17.5 Å². The van der Waals surface area contributed by atoms with E-state index in [1.54, 1.807) is 24.3 Å². The fourth-order valence-electron chi connectivity index (χ4n) is 2.61. The lowest BCUT2D eigenvalue weighted by Crippen LogP contribution is -2.12. The van der Waals surface area contributed by atoms with E-state index in [-0.39, 0.29) is 10.5 Å². The second-order valence-electron chi connectivity index (χ2n) is 5.63. The lowest BCUT2D eigenvalue weighted by Gasteiger charge is -2.08. The maximum absolute atomic E-state index is 12.6. The van der Waals surface area contributed by atoms with E-state index in [2.05, 4.69) is 9.71 Å². The van der Waals surface area contributed by atoms with Gasteiger partial charge in [-0.15, -0.1) is 11.3 Å². The smallest absolute Gasteiger partial charge is 0.417 e. The number of thiophene rings is 1. The molecule has 0 saturated heterocycles. The molecule has 0 aliphatic heterocycles. The van der Waals surface area contributed by atoms with Gasteiger partial charge in [0.25, 0.3) is 10.0 Å². The summed E-state index contributed by atoms with van der Waals surface area (Å²) in [5.74, 6) is -1.10. The second kappa shape index (κ2) is 6.25. The van der Waals surface area contributed by atoms with Gasteiger partial charge in [-0.3, -0.25) is 9.71 Å². The first-order valence-electron chi connectivity index (χ1n) is 7.63. The molecule has 0 aliphatic rings. The molecule has 2 aromatic carbocycles. The van der Waals surface area contributed by atoms with Crippen molar-refractivity contribution in [2.45, 2.75) is 4.90 Å². The molecule has 2 heterocycles. The Labute approximate surface area is 156 Å². The molecule has 0 spiro atoms. The number of carbonyl (C=O) groups excluding carboxylic acids is 1. The number of sulfonamides is 1. The number of H-pyrrole nitrogens is 1. The second-order valence-corrected chi connectivity index (χ2v) is 8.40. The Morgan fingerprint density at radius 2 is 2.00 bits per heavy atom. The Balaban J connectivity index is 1.68. The van der Waals surface area contributed by atoms with Gasteiger partial charge in [0.1, 0.15) is 4.88 Å². The highest BCUT2D eigenvalue weighted by Crippen LogP contribution is 2.29. The number of hydrogen-bond acceptors (Lipinski definition) is 7. The lowest BCUT2D eigenvalue weighted by molar-refractivity contribution is 0.0606. The topological polar surface area (TPSA) is 118 Å². The molecule has 0 fully saturated rings. The Hall–Kier alpha value is -3.11. The predicted octanol–water partition coefficient (Wildman–Crippen LogP) is 2.92. The molecule has 0 unspecified atom stereocenters. The number of esters is 1. The van der Waals surface area contributed by atoms with Crippen molar-refractivity contribution < 1.29 is 22.4 Å². The van der Waals surface area contributed by atoms with Crippen LogP contribution in [0.5, 0.6) is 0 Å². The molecule has 0 radical (unpaired) electrons. The highest BCUT2D eigenvalue weighted by atomic mass is 32.2. The van der Waals surface area contributed by atoms with Gasteiger partial charge < -0.3 is 9.15 Å². The summed E-state index contributed by atoms with van der Waals surface area (Å²) in [7, 11) is -2.59. The predicted molar refractivity (Wildman–Crippen MR) is 101 cm³/mol. The number of methoxy groups -OCH3 is 1. The Morgan fingerprint density at radius 1 is 1.19 bits per heavy atom. The third kappa shape index (κ3) is 3.20. The van der Waals surface area contributed by atoms with Crippen molar-refractivity contribution >= 4 is 54.2 Å². The first-order valence-corrected chi connectivity index (χ1v) is 9.93. The molecule has 0 amide bonds. The summed E-state index contributed by atoms with van der Waals surface area (Å²) in [6, 6.07) is 10.7. The highest BCUT2D eigenvalue weighted by Gasteiger charge is 2.17. The molecule has 27 heavy (non-hydrogen) atoms. The van der Waals surface area contributed by atoms with E-state index < -0.39 is 21.7 Å². The van der Waals surface area contributed by atoms with Crippen LogP contribution in [0.1, 0.15) is 9.67 Å². The minimum absolute atomic E-state index is 0.0431. The maximum Gasteiger partial charge on any atom is 0.417 e. The van der Waals surface area contributed by atoms with Crippen molar-refractivity contribution in [3.05, 3.63) is 57.9 Å². The van der Waals surface area contributed by atoms with E-state index in [0.29, 0.717) is 21.5 Å². The van der Waals surface area contributed by atoms with Crippen LogP contribution in [-0.4, -0.2) is 26.5 Å². The summed E-state index contributed by atoms with van der Waals surface area (Å²) in [6.45, 7) is 0. The number of fused-ring (bicyclic) bond motifs is 2. The molecule has 4 rings (SSSR count). The summed E-state index contributed by atoms with van der Waals surface area (Å²) in [4.78, 5) is 25.7. The quantitative estimate of drug-likeness (QED) is 0.505.